The Morgan fingerprint density at radius 1 is 0.889 bits per heavy atom. The molecular formula is C12H19BO5. The van der Waals surface area contributed by atoms with Gasteiger partial charge in [0.2, 0.25) is 5.75 Å². The van der Waals surface area contributed by atoms with Crippen LogP contribution in [0.2, 0.25) is 0 Å². The fourth-order valence-electron chi connectivity index (χ4n) is 1.61. The minimum absolute atomic E-state index is 0.267. The molecule has 18 heavy (non-hydrogen) atoms. The smallest absolute Gasteiger partial charge is 0.490 e. The summed E-state index contributed by atoms with van der Waals surface area (Å²) in [6.45, 7) is 6.85. The van der Waals surface area contributed by atoms with Crippen LogP contribution in [-0.2, 0) is 0 Å². The molecule has 0 saturated carbocycles. The van der Waals surface area contributed by atoms with Crippen LogP contribution in [0.25, 0.3) is 0 Å². The van der Waals surface area contributed by atoms with Crippen molar-refractivity contribution in [2.75, 3.05) is 19.8 Å². The lowest BCUT2D eigenvalue weighted by Gasteiger charge is -2.18. The second-order valence-corrected chi connectivity index (χ2v) is 3.48. The molecule has 0 unspecified atom stereocenters. The van der Waals surface area contributed by atoms with Gasteiger partial charge in [0.15, 0.2) is 11.5 Å². The average Bonchev–Trinajstić information content (AvgIpc) is 2.33. The first-order valence-corrected chi connectivity index (χ1v) is 6.07. The maximum absolute atomic E-state index is 9.32. The van der Waals surface area contributed by atoms with Gasteiger partial charge in [0.25, 0.3) is 0 Å². The summed E-state index contributed by atoms with van der Waals surface area (Å²) in [4.78, 5) is 0. The van der Waals surface area contributed by atoms with Crippen molar-refractivity contribution in [3.63, 3.8) is 0 Å². The molecule has 0 bridgehead atoms. The second kappa shape index (κ2) is 7.13. The van der Waals surface area contributed by atoms with Crippen molar-refractivity contribution in [3.8, 4) is 17.2 Å². The van der Waals surface area contributed by atoms with Crippen molar-refractivity contribution < 1.29 is 24.3 Å². The van der Waals surface area contributed by atoms with Crippen molar-refractivity contribution in [2.45, 2.75) is 20.8 Å². The summed E-state index contributed by atoms with van der Waals surface area (Å²) in [5.41, 5.74) is 0.267. The zero-order valence-corrected chi connectivity index (χ0v) is 11.0. The molecule has 1 aromatic rings. The SMILES string of the molecule is CCOc1ccc(B(O)O)c(OCC)c1OCC. The monoisotopic (exact) mass is 254 g/mol. The Labute approximate surface area is 107 Å². The Bertz CT molecular complexity index is 381. The van der Waals surface area contributed by atoms with Crippen LogP contribution in [0.1, 0.15) is 20.8 Å². The van der Waals surface area contributed by atoms with Gasteiger partial charge in [0.05, 0.1) is 19.8 Å². The van der Waals surface area contributed by atoms with Crippen molar-refractivity contribution in [1.29, 1.82) is 0 Å². The zero-order valence-electron chi connectivity index (χ0n) is 11.0. The van der Waals surface area contributed by atoms with Gasteiger partial charge in [-0.2, -0.15) is 0 Å². The van der Waals surface area contributed by atoms with Crippen LogP contribution < -0.4 is 19.7 Å². The quantitative estimate of drug-likeness (QED) is 0.696. The van der Waals surface area contributed by atoms with Gasteiger partial charge in [0.1, 0.15) is 0 Å². The van der Waals surface area contributed by atoms with E-state index in [-0.39, 0.29) is 5.46 Å². The Kier molecular flexibility index (Phi) is 5.81. The van der Waals surface area contributed by atoms with Crippen molar-refractivity contribution in [3.05, 3.63) is 12.1 Å². The van der Waals surface area contributed by atoms with E-state index < -0.39 is 7.12 Å². The van der Waals surface area contributed by atoms with Gasteiger partial charge in [0, 0.05) is 5.46 Å². The molecule has 0 aliphatic carbocycles. The Balaban J connectivity index is 3.28. The van der Waals surface area contributed by atoms with Gasteiger partial charge in [-0.1, -0.05) is 6.07 Å². The van der Waals surface area contributed by atoms with Gasteiger partial charge in [-0.3, -0.25) is 0 Å². The van der Waals surface area contributed by atoms with Crippen LogP contribution in [0.5, 0.6) is 17.2 Å². The average molecular weight is 254 g/mol. The standard InChI is InChI=1S/C12H19BO5/c1-4-16-10-8-7-9(13(14)15)11(17-5-2)12(10)18-6-3/h7-8,14-15H,4-6H2,1-3H3. The molecule has 0 aliphatic heterocycles. The summed E-state index contributed by atoms with van der Waals surface area (Å²) >= 11 is 0. The Morgan fingerprint density at radius 2 is 1.44 bits per heavy atom. The van der Waals surface area contributed by atoms with Crippen molar-refractivity contribution in [1.82, 2.24) is 0 Å². The summed E-state index contributed by atoms with van der Waals surface area (Å²) in [6, 6.07) is 3.20. The van der Waals surface area contributed by atoms with Crippen LogP contribution >= 0.6 is 0 Å². The van der Waals surface area contributed by atoms with Gasteiger partial charge >= 0.3 is 7.12 Å². The third-order valence-corrected chi connectivity index (χ3v) is 2.26. The van der Waals surface area contributed by atoms with Crippen LogP contribution in [-0.4, -0.2) is 37.0 Å². The molecule has 0 atom stereocenters. The molecule has 0 fully saturated rings. The lowest BCUT2D eigenvalue weighted by molar-refractivity contribution is 0.261. The molecular weight excluding hydrogens is 235 g/mol. The molecule has 5 nitrogen and oxygen atoms in total. The van der Waals surface area contributed by atoms with Crippen molar-refractivity contribution >= 4 is 12.6 Å². The van der Waals surface area contributed by atoms with E-state index >= 15 is 0 Å². The van der Waals surface area contributed by atoms with Gasteiger partial charge < -0.3 is 24.3 Å². The highest BCUT2D eigenvalue weighted by Crippen LogP contribution is 2.36. The second-order valence-electron chi connectivity index (χ2n) is 3.48. The number of benzene rings is 1. The number of ether oxygens (including phenoxy) is 3. The van der Waals surface area contributed by atoms with Crippen molar-refractivity contribution in [2.24, 2.45) is 0 Å². The highest BCUT2D eigenvalue weighted by atomic mass is 16.5. The maximum Gasteiger partial charge on any atom is 0.492 e. The molecule has 0 amide bonds. The summed E-state index contributed by atoms with van der Waals surface area (Å²) in [7, 11) is -1.61. The van der Waals surface area contributed by atoms with Gasteiger partial charge in [-0.15, -0.1) is 0 Å². The Hall–Kier alpha value is -1.40. The predicted molar refractivity (Wildman–Crippen MR) is 69.8 cm³/mol. The summed E-state index contributed by atoms with van der Waals surface area (Å²) in [5.74, 6) is 1.26. The van der Waals surface area contributed by atoms with E-state index in [0.717, 1.165) is 0 Å². The topological polar surface area (TPSA) is 68.2 Å². The van der Waals surface area contributed by atoms with Gasteiger partial charge in [-0.25, -0.2) is 0 Å². The van der Waals surface area contributed by atoms with E-state index in [1.807, 2.05) is 20.8 Å². The fraction of sp³-hybridized carbons (Fsp3) is 0.500. The molecule has 0 heterocycles. The van der Waals surface area contributed by atoms with Gasteiger partial charge in [-0.05, 0) is 26.8 Å². The molecule has 0 saturated heterocycles. The molecule has 0 radical (unpaired) electrons. The van der Waals surface area contributed by atoms with E-state index in [2.05, 4.69) is 0 Å². The molecule has 0 spiro atoms. The summed E-state index contributed by atoms with van der Waals surface area (Å²) in [6.07, 6.45) is 0. The summed E-state index contributed by atoms with van der Waals surface area (Å²) < 4.78 is 16.4. The highest BCUT2D eigenvalue weighted by Gasteiger charge is 2.24. The van der Waals surface area contributed by atoms with Crippen LogP contribution in [0, 0.1) is 0 Å². The highest BCUT2D eigenvalue weighted by molar-refractivity contribution is 6.59. The zero-order chi connectivity index (χ0) is 13.5. The third kappa shape index (κ3) is 3.30. The first kappa shape index (κ1) is 14.7. The lowest BCUT2D eigenvalue weighted by Crippen LogP contribution is -2.32. The molecule has 0 aliphatic rings. The minimum Gasteiger partial charge on any atom is -0.490 e. The largest absolute Gasteiger partial charge is 0.492 e. The van der Waals surface area contributed by atoms with E-state index in [4.69, 9.17) is 14.2 Å². The molecule has 2 N–H and O–H groups in total. The van der Waals surface area contributed by atoms with E-state index in [0.29, 0.717) is 37.1 Å². The Morgan fingerprint density at radius 3 is 1.94 bits per heavy atom. The van der Waals surface area contributed by atoms with Crippen LogP contribution in [0.4, 0.5) is 0 Å². The molecule has 100 valence electrons. The lowest BCUT2D eigenvalue weighted by atomic mass is 9.79. The molecule has 6 heteroatoms. The fourth-order valence-corrected chi connectivity index (χ4v) is 1.61. The first-order chi connectivity index (χ1) is 8.65. The molecule has 0 aromatic heterocycles. The van der Waals surface area contributed by atoms with Crippen LogP contribution in [0.15, 0.2) is 12.1 Å². The van der Waals surface area contributed by atoms with E-state index in [1.165, 1.54) is 0 Å². The third-order valence-electron chi connectivity index (χ3n) is 2.26. The predicted octanol–water partition coefficient (Wildman–Crippen LogP) is 0.562. The number of rotatable bonds is 7. The van der Waals surface area contributed by atoms with E-state index in [9.17, 15) is 10.0 Å². The normalized spacial score (nSPS) is 10.1. The van der Waals surface area contributed by atoms with Crippen LogP contribution in [0.3, 0.4) is 0 Å². The number of hydrogen-bond donors (Lipinski definition) is 2. The minimum atomic E-state index is -1.61. The molecule has 1 aromatic carbocycles. The number of hydrogen-bond acceptors (Lipinski definition) is 5. The summed E-state index contributed by atoms with van der Waals surface area (Å²) in [5, 5.41) is 18.6. The van der Waals surface area contributed by atoms with E-state index in [1.54, 1.807) is 12.1 Å². The first-order valence-electron chi connectivity index (χ1n) is 6.07. The molecule has 1 rings (SSSR count). The maximum atomic E-state index is 9.32.